The minimum atomic E-state index is -4.85. The summed E-state index contributed by atoms with van der Waals surface area (Å²) in [6, 6.07) is 7.60. The molecule has 1 saturated heterocycles. The van der Waals surface area contributed by atoms with E-state index in [0.29, 0.717) is 18.2 Å². The molecular weight excluding hydrogens is 525 g/mol. The van der Waals surface area contributed by atoms with Gasteiger partial charge in [-0.25, -0.2) is 17.7 Å². The fraction of sp³-hybridized carbons (Fsp3) is 0.417. The maximum absolute atomic E-state index is 13.9. The molecule has 4 rings (SSSR count). The molecule has 1 fully saturated rings. The number of carbonyl (C=O) groups excluding carboxylic acids is 2. The van der Waals surface area contributed by atoms with E-state index in [1.54, 1.807) is 31.2 Å². The number of carbonyl (C=O) groups is 2. The number of nitrogens with two attached hydrogens (primary N) is 1. The summed E-state index contributed by atoms with van der Waals surface area (Å²) in [4.78, 5) is 29.2. The minimum absolute atomic E-state index is 0.0130. The molecule has 3 heterocycles. The molecule has 10 nitrogen and oxygen atoms in total. The molecule has 2 amide bonds. The average molecular weight is 553 g/mol. The van der Waals surface area contributed by atoms with Crippen molar-refractivity contribution in [2.75, 3.05) is 24.2 Å². The van der Waals surface area contributed by atoms with Crippen molar-refractivity contribution in [2.24, 2.45) is 11.7 Å². The van der Waals surface area contributed by atoms with E-state index in [2.05, 4.69) is 15.4 Å². The van der Waals surface area contributed by atoms with E-state index in [1.807, 2.05) is 0 Å². The van der Waals surface area contributed by atoms with Crippen molar-refractivity contribution in [3.63, 3.8) is 0 Å². The Kier molecular flexibility index (Phi) is 7.48. The number of rotatable bonds is 7. The molecule has 0 unspecified atom stereocenters. The summed E-state index contributed by atoms with van der Waals surface area (Å²) in [5.74, 6) is -1.87. The van der Waals surface area contributed by atoms with Crippen LogP contribution in [-0.2, 0) is 22.7 Å². The number of piperidine rings is 1. The molecule has 38 heavy (non-hydrogen) atoms. The van der Waals surface area contributed by atoms with E-state index in [9.17, 15) is 31.2 Å². The Labute approximate surface area is 217 Å². The highest BCUT2D eigenvalue weighted by Gasteiger charge is 2.40. The van der Waals surface area contributed by atoms with Crippen LogP contribution in [0.1, 0.15) is 52.0 Å². The van der Waals surface area contributed by atoms with Crippen LogP contribution in [0.2, 0.25) is 0 Å². The van der Waals surface area contributed by atoms with Gasteiger partial charge in [0.25, 0.3) is 5.91 Å². The van der Waals surface area contributed by atoms with Gasteiger partial charge in [-0.05, 0) is 44.7 Å². The maximum atomic E-state index is 13.9. The van der Waals surface area contributed by atoms with Crippen molar-refractivity contribution in [1.29, 1.82) is 0 Å². The number of primary amides is 1. The van der Waals surface area contributed by atoms with Gasteiger partial charge in [0.05, 0.1) is 28.2 Å². The Morgan fingerprint density at radius 3 is 2.45 bits per heavy atom. The number of hydrogen-bond donors (Lipinski definition) is 2. The third-order valence-electron chi connectivity index (χ3n) is 6.69. The zero-order valence-corrected chi connectivity index (χ0v) is 21.6. The first kappa shape index (κ1) is 27.5. The van der Waals surface area contributed by atoms with E-state index in [-0.39, 0.29) is 53.8 Å². The van der Waals surface area contributed by atoms with Crippen LogP contribution in [0.5, 0.6) is 0 Å². The molecule has 14 heteroatoms. The van der Waals surface area contributed by atoms with Gasteiger partial charge in [-0.15, -0.1) is 0 Å². The largest absolute Gasteiger partial charge is 0.437 e. The number of hydrogen-bond acceptors (Lipinski definition) is 6. The molecule has 0 bridgehead atoms. The van der Waals surface area contributed by atoms with Crippen LogP contribution in [-0.4, -0.2) is 58.1 Å². The molecule has 0 atom stereocenters. The molecule has 1 aromatic carbocycles. The van der Waals surface area contributed by atoms with Gasteiger partial charge in [0.2, 0.25) is 15.9 Å². The first-order chi connectivity index (χ1) is 17.8. The fourth-order valence-electron chi connectivity index (χ4n) is 4.54. The van der Waals surface area contributed by atoms with E-state index < -0.39 is 39.4 Å². The van der Waals surface area contributed by atoms with Crippen LogP contribution in [0, 0.1) is 12.8 Å². The van der Waals surface area contributed by atoms with Gasteiger partial charge in [0.15, 0.2) is 5.69 Å². The van der Waals surface area contributed by atoms with E-state index >= 15 is 0 Å². The number of halogens is 3. The second-order valence-corrected chi connectivity index (χ2v) is 11.4. The van der Waals surface area contributed by atoms with E-state index in [1.165, 1.54) is 15.9 Å². The van der Waals surface area contributed by atoms with Gasteiger partial charge in [-0.3, -0.25) is 14.3 Å². The highest BCUT2D eigenvalue weighted by Crippen LogP contribution is 2.37. The summed E-state index contributed by atoms with van der Waals surface area (Å²) in [5, 5.41) is 6.44. The molecule has 0 radical (unpaired) electrons. The highest BCUT2D eigenvalue weighted by molar-refractivity contribution is 7.89. The second-order valence-electron chi connectivity index (χ2n) is 9.12. The van der Waals surface area contributed by atoms with Crippen molar-refractivity contribution in [2.45, 2.75) is 39.4 Å². The number of para-hydroxylation sites is 1. The monoisotopic (exact) mass is 552 g/mol. The number of amides is 2. The third kappa shape index (κ3) is 5.50. The molecule has 1 aliphatic heterocycles. The lowest BCUT2D eigenvalue weighted by atomic mass is 9.98. The lowest BCUT2D eigenvalue weighted by Gasteiger charge is -2.31. The summed E-state index contributed by atoms with van der Waals surface area (Å²) >= 11 is 0. The normalized spacial score (nSPS) is 15.6. The zero-order chi connectivity index (χ0) is 27.8. The summed E-state index contributed by atoms with van der Waals surface area (Å²) in [6.07, 6.45) is -3.91. The van der Waals surface area contributed by atoms with Crippen molar-refractivity contribution in [3.05, 3.63) is 53.0 Å². The summed E-state index contributed by atoms with van der Waals surface area (Å²) < 4.78 is 68.5. The lowest BCUT2D eigenvalue weighted by Crippen LogP contribution is -2.40. The quantitative estimate of drug-likeness (QED) is 0.461. The Bertz CT molecular complexity index is 1490. The smallest absolute Gasteiger partial charge is 0.366 e. The average Bonchev–Trinajstić information content (AvgIpc) is 3.18. The number of aromatic nitrogens is 3. The highest BCUT2D eigenvalue weighted by atomic mass is 32.2. The molecule has 0 aliphatic carbocycles. The van der Waals surface area contributed by atoms with Gasteiger partial charge in [0, 0.05) is 25.0 Å². The molecule has 3 aromatic rings. The predicted octanol–water partition coefficient (Wildman–Crippen LogP) is 3.17. The number of alkyl halides is 3. The number of benzene rings is 1. The first-order valence-electron chi connectivity index (χ1n) is 11.9. The zero-order valence-electron chi connectivity index (χ0n) is 20.7. The molecule has 1 aliphatic rings. The fourth-order valence-corrected chi connectivity index (χ4v) is 5.67. The van der Waals surface area contributed by atoms with Crippen LogP contribution in [0.25, 0.3) is 10.9 Å². The van der Waals surface area contributed by atoms with E-state index in [0.717, 1.165) is 6.07 Å². The van der Waals surface area contributed by atoms with Gasteiger partial charge in [0.1, 0.15) is 5.69 Å². The molecule has 3 N–H and O–H groups in total. The number of pyridine rings is 1. The predicted molar refractivity (Wildman–Crippen MR) is 134 cm³/mol. The van der Waals surface area contributed by atoms with Crippen molar-refractivity contribution < 1.29 is 31.2 Å². The summed E-state index contributed by atoms with van der Waals surface area (Å²) in [6.45, 7) is 3.67. The topological polar surface area (TPSA) is 140 Å². The Morgan fingerprint density at radius 1 is 1.18 bits per heavy atom. The van der Waals surface area contributed by atoms with Crippen LogP contribution in [0.15, 0.2) is 30.3 Å². The SMILES string of the molecule is CCS(=O)(=O)N1CCC(Cn2nc(C(F)(F)F)c(NC(=O)c3cc(C(N)=O)c4ccccc4n3)c2C)CC1. The molecular formula is C24H27F3N6O4S. The number of sulfonamides is 1. The Hall–Kier alpha value is -3.52. The Balaban J connectivity index is 1.61. The van der Waals surface area contributed by atoms with Crippen LogP contribution >= 0.6 is 0 Å². The van der Waals surface area contributed by atoms with Gasteiger partial charge < -0.3 is 11.1 Å². The van der Waals surface area contributed by atoms with E-state index in [4.69, 9.17) is 5.73 Å². The molecule has 0 spiro atoms. The first-order valence-corrected chi connectivity index (χ1v) is 13.6. The van der Waals surface area contributed by atoms with Crippen LogP contribution in [0.3, 0.4) is 0 Å². The third-order valence-corrected chi connectivity index (χ3v) is 8.57. The summed E-state index contributed by atoms with van der Waals surface area (Å²) in [5.41, 5.74) is 3.79. The van der Waals surface area contributed by atoms with Crippen molar-refractivity contribution >= 4 is 38.4 Å². The number of nitrogens with zero attached hydrogens (tertiary/aromatic N) is 4. The van der Waals surface area contributed by atoms with Gasteiger partial charge in [-0.2, -0.15) is 18.3 Å². The standard InChI is InChI=1S/C24H27F3N6O4S/c1-3-38(36,37)32-10-8-15(9-11-32)13-33-14(2)20(21(31-33)24(25,26)27)30-23(35)19-12-17(22(28)34)16-6-4-5-7-18(16)29-19/h4-7,12,15H,3,8-11,13H2,1-2H3,(H2,28,34)(H,30,35). The van der Waals surface area contributed by atoms with Crippen molar-refractivity contribution in [1.82, 2.24) is 19.1 Å². The number of nitrogens with one attached hydrogen (secondary N) is 1. The number of anilines is 1. The van der Waals surface area contributed by atoms with Crippen LogP contribution in [0.4, 0.5) is 18.9 Å². The summed E-state index contributed by atoms with van der Waals surface area (Å²) in [7, 11) is -3.33. The molecule has 204 valence electrons. The van der Waals surface area contributed by atoms with Gasteiger partial charge >= 0.3 is 6.18 Å². The molecule has 2 aromatic heterocycles. The van der Waals surface area contributed by atoms with Crippen molar-refractivity contribution in [3.8, 4) is 0 Å². The molecule has 0 saturated carbocycles. The van der Waals surface area contributed by atoms with Gasteiger partial charge in [-0.1, -0.05) is 18.2 Å². The number of fused-ring (bicyclic) bond motifs is 1. The minimum Gasteiger partial charge on any atom is -0.366 e. The second kappa shape index (κ2) is 10.3. The maximum Gasteiger partial charge on any atom is 0.437 e. The lowest BCUT2D eigenvalue weighted by molar-refractivity contribution is -0.140. The van der Waals surface area contributed by atoms with Crippen LogP contribution < -0.4 is 11.1 Å². The Morgan fingerprint density at radius 2 is 1.84 bits per heavy atom.